The van der Waals surface area contributed by atoms with E-state index in [1.54, 1.807) is 51.1 Å². The van der Waals surface area contributed by atoms with Crippen LogP contribution in [0.15, 0.2) is 86.8 Å². The van der Waals surface area contributed by atoms with Crippen LogP contribution >= 0.6 is 7.82 Å². The average Bonchev–Trinajstić information content (AvgIpc) is 3.47. The lowest BCUT2D eigenvalue weighted by molar-refractivity contribution is -0.137. The van der Waals surface area contributed by atoms with Crippen molar-refractivity contribution in [3.8, 4) is 34.1 Å². The van der Waals surface area contributed by atoms with Gasteiger partial charge in [-0.1, -0.05) is 32.9 Å². The topological polar surface area (TPSA) is 110 Å². The Labute approximate surface area is 279 Å². The first-order valence-electron chi connectivity index (χ1n) is 15.0. The van der Waals surface area contributed by atoms with Crippen LogP contribution in [0.2, 0.25) is 0 Å². The van der Waals surface area contributed by atoms with Crippen molar-refractivity contribution in [2.24, 2.45) is 5.41 Å². The Balaban J connectivity index is 1.28. The maximum Gasteiger partial charge on any atom is 0.530 e. The van der Waals surface area contributed by atoms with Crippen LogP contribution in [-0.4, -0.2) is 17.2 Å². The highest BCUT2D eigenvalue weighted by molar-refractivity contribution is 7.49. The van der Waals surface area contributed by atoms with Crippen LogP contribution in [0, 0.1) is 11.2 Å². The summed E-state index contributed by atoms with van der Waals surface area (Å²) in [5, 5.41) is 0.277. The molecular weight excluding hydrogens is 669 g/mol. The van der Waals surface area contributed by atoms with Crippen molar-refractivity contribution >= 4 is 18.8 Å². The Bertz CT molecular complexity index is 2060. The molecule has 260 valence electrons. The van der Waals surface area contributed by atoms with Gasteiger partial charge in [0.15, 0.2) is 5.43 Å². The summed E-state index contributed by atoms with van der Waals surface area (Å²) >= 11 is 0. The fourth-order valence-corrected chi connectivity index (χ4v) is 6.18. The minimum atomic E-state index is -4.74. The number of ether oxygens (including phenoxy) is 1. The summed E-state index contributed by atoms with van der Waals surface area (Å²) in [6, 6.07) is 12.9. The van der Waals surface area contributed by atoms with Gasteiger partial charge >= 0.3 is 14.0 Å². The van der Waals surface area contributed by atoms with E-state index in [-0.39, 0.29) is 63.5 Å². The number of benzene rings is 3. The third-order valence-corrected chi connectivity index (χ3v) is 8.23. The predicted molar refractivity (Wildman–Crippen MR) is 174 cm³/mol. The molecule has 0 saturated carbocycles. The van der Waals surface area contributed by atoms with E-state index in [0.29, 0.717) is 17.4 Å². The standard InChI is InChI=1S/C35H34F4NO8P/c1-33(2,3)20-46-49(42,48-34(4,5)6)47-26-9-7-21(8-10-26)29-19-44-30-16-27(11-12-28(30)31(29)41)43-17-25-18-45-32(40-25)22-13-23(35(37,38)39)15-24(36)14-22/h7-16,18-19H,17,20H2,1-6H3. The van der Waals surface area contributed by atoms with E-state index >= 15 is 0 Å². The molecule has 0 aliphatic carbocycles. The van der Waals surface area contributed by atoms with Crippen molar-refractivity contribution in [3.63, 3.8) is 0 Å². The molecule has 0 bridgehead atoms. The Morgan fingerprint density at radius 2 is 1.53 bits per heavy atom. The molecule has 0 spiro atoms. The van der Waals surface area contributed by atoms with E-state index in [0.717, 1.165) is 12.1 Å². The van der Waals surface area contributed by atoms with Gasteiger partial charge in [0.25, 0.3) is 0 Å². The third-order valence-electron chi connectivity index (χ3n) is 6.58. The minimum Gasteiger partial charge on any atom is -0.487 e. The van der Waals surface area contributed by atoms with Crippen LogP contribution in [0.4, 0.5) is 17.6 Å². The number of halogens is 4. The van der Waals surface area contributed by atoms with E-state index in [9.17, 15) is 26.9 Å². The van der Waals surface area contributed by atoms with Gasteiger partial charge in [0.05, 0.1) is 28.7 Å². The zero-order valence-electron chi connectivity index (χ0n) is 27.5. The molecule has 9 nitrogen and oxygen atoms in total. The molecule has 1 atom stereocenters. The molecule has 0 amide bonds. The number of phosphoric ester groups is 1. The lowest BCUT2D eigenvalue weighted by Gasteiger charge is -2.28. The summed E-state index contributed by atoms with van der Waals surface area (Å²) in [7, 11) is -3.99. The monoisotopic (exact) mass is 703 g/mol. The normalized spacial score (nSPS) is 13.8. The second-order valence-electron chi connectivity index (χ2n) is 13.4. The molecule has 2 aromatic heterocycles. The summed E-state index contributed by atoms with van der Waals surface area (Å²) in [6.07, 6.45) is -2.24. The summed E-state index contributed by atoms with van der Waals surface area (Å²) in [5.74, 6) is -0.752. The highest BCUT2D eigenvalue weighted by Crippen LogP contribution is 2.53. The van der Waals surface area contributed by atoms with Crippen LogP contribution in [0.25, 0.3) is 33.6 Å². The number of alkyl halides is 3. The van der Waals surface area contributed by atoms with E-state index in [4.69, 9.17) is 27.1 Å². The van der Waals surface area contributed by atoms with Crippen LogP contribution in [-0.2, 0) is 26.4 Å². The maximum absolute atomic E-state index is 13.8. The zero-order valence-corrected chi connectivity index (χ0v) is 28.4. The highest BCUT2D eigenvalue weighted by Gasteiger charge is 2.36. The second kappa shape index (κ2) is 13.5. The lowest BCUT2D eigenvalue weighted by atomic mass is 9.99. The van der Waals surface area contributed by atoms with Crippen molar-refractivity contribution in [1.29, 1.82) is 0 Å². The summed E-state index contributed by atoms with van der Waals surface area (Å²) in [4.78, 5) is 17.5. The highest BCUT2D eigenvalue weighted by atomic mass is 31.2. The molecule has 0 aliphatic rings. The lowest BCUT2D eigenvalue weighted by Crippen LogP contribution is -2.22. The van der Waals surface area contributed by atoms with Gasteiger partial charge in [-0.3, -0.25) is 13.8 Å². The SMILES string of the molecule is CC(C)(C)COP(=O)(Oc1ccc(-c2coc3cc(OCc4coc(-c5cc(F)cc(C(F)(F)F)c5)n4)ccc3c2=O)cc1)OC(C)(C)C. The molecule has 2 heterocycles. The van der Waals surface area contributed by atoms with Crippen molar-refractivity contribution in [2.75, 3.05) is 6.61 Å². The molecule has 5 aromatic rings. The largest absolute Gasteiger partial charge is 0.530 e. The maximum atomic E-state index is 13.8. The van der Waals surface area contributed by atoms with Gasteiger partial charge in [0.2, 0.25) is 5.89 Å². The van der Waals surface area contributed by atoms with Gasteiger partial charge in [-0.05, 0) is 74.2 Å². The second-order valence-corrected chi connectivity index (χ2v) is 14.9. The van der Waals surface area contributed by atoms with Crippen LogP contribution in [0.3, 0.4) is 0 Å². The quantitative estimate of drug-likeness (QED) is 0.104. The van der Waals surface area contributed by atoms with E-state index in [1.165, 1.54) is 24.7 Å². The Kier molecular flexibility index (Phi) is 9.84. The molecule has 0 fully saturated rings. The fraction of sp³-hybridized carbons (Fsp3) is 0.314. The van der Waals surface area contributed by atoms with Gasteiger partial charge in [-0.25, -0.2) is 13.9 Å². The number of hydrogen-bond acceptors (Lipinski definition) is 9. The predicted octanol–water partition coefficient (Wildman–Crippen LogP) is 10.2. The number of oxazole rings is 1. The van der Waals surface area contributed by atoms with Crippen LogP contribution < -0.4 is 14.7 Å². The Morgan fingerprint density at radius 1 is 0.837 bits per heavy atom. The zero-order chi connectivity index (χ0) is 35.8. The Hall–Kier alpha value is -4.45. The first-order chi connectivity index (χ1) is 22.8. The summed E-state index contributed by atoms with van der Waals surface area (Å²) < 4.78 is 100. The van der Waals surface area contributed by atoms with Gasteiger partial charge < -0.3 is 18.1 Å². The van der Waals surface area contributed by atoms with Gasteiger partial charge in [-0.15, -0.1) is 0 Å². The summed E-state index contributed by atoms with van der Waals surface area (Å²) in [6.45, 7) is 11.0. The molecule has 14 heteroatoms. The number of phosphoric acid groups is 1. The molecule has 0 N–H and O–H groups in total. The number of fused-ring (bicyclic) bond motifs is 1. The number of rotatable bonds is 10. The van der Waals surface area contributed by atoms with Crippen molar-refractivity contribution in [3.05, 3.63) is 100 Å². The smallest absolute Gasteiger partial charge is 0.487 e. The first-order valence-corrected chi connectivity index (χ1v) is 16.5. The van der Waals surface area contributed by atoms with Gasteiger partial charge in [0, 0.05) is 11.6 Å². The van der Waals surface area contributed by atoms with E-state index < -0.39 is 31.0 Å². The summed E-state index contributed by atoms with van der Waals surface area (Å²) in [5.41, 5.74) is -1.49. The fourth-order valence-electron chi connectivity index (χ4n) is 4.44. The minimum absolute atomic E-state index is 0.135. The first kappa shape index (κ1) is 35.8. The molecule has 49 heavy (non-hydrogen) atoms. The third kappa shape index (κ3) is 9.38. The van der Waals surface area contributed by atoms with Crippen molar-refractivity contribution in [1.82, 2.24) is 4.98 Å². The van der Waals surface area contributed by atoms with Crippen LogP contribution in [0.5, 0.6) is 11.5 Å². The van der Waals surface area contributed by atoms with E-state index in [2.05, 4.69) is 4.98 Å². The number of aromatic nitrogens is 1. The average molecular weight is 704 g/mol. The molecule has 0 aliphatic heterocycles. The molecule has 3 aromatic carbocycles. The number of hydrogen-bond donors (Lipinski definition) is 0. The van der Waals surface area contributed by atoms with Crippen molar-refractivity contribution < 1.29 is 49.3 Å². The Morgan fingerprint density at radius 3 is 2.18 bits per heavy atom. The van der Waals surface area contributed by atoms with Gasteiger partial charge in [-0.2, -0.15) is 13.2 Å². The van der Waals surface area contributed by atoms with E-state index in [1.807, 2.05) is 20.8 Å². The molecule has 0 saturated heterocycles. The molecule has 0 radical (unpaired) electrons. The number of nitrogens with zero attached hydrogens (tertiary/aromatic N) is 1. The van der Waals surface area contributed by atoms with Gasteiger partial charge in [0.1, 0.15) is 47.7 Å². The van der Waals surface area contributed by atoms with Crippen LogP contribution in [0.1, 0.15) is 52.8 Å². The van der Waals surface area contributed by atoms with Crippen molar-refractivity contribution in [2.45, 2.75) is 59.9 Å². The molecular formula is C35H34F4NO8P. The molecule has 1 unspecified atom stereocenters. The molecule has 5 rings (SSSR count).